The molecule has 0 radical (unpaired) electrons. The lowest BCUT2D eigenvalue weighted by molar-refractivity contribution is 0.348. The lowest BCUT2D eigenvalue weighted by Gasteiger charge is -2.25. The highest BCUT2D eigenvalue weighted by atomic mass is 32.1. The van der Waals surface area contributed by atoms with E-state index in [-0.39, 0.29) is 11.6 Å². The number of nitrogens with zero attached hydrogens (tertiary/aromatic N) is 2. The number of anilines is 1. The Morgan fingerprint density at radius 1 is 1.14 bits per heavy atom. The van der Waals surface area contributed by atoms with Crippen LogP contribution in [0.1, 0.15) is 61.4 Å². The van der Waals surface area contributed by atoms with E-state index in [1.807, 2.05) is 4.57 Å². The van der Waals surface area contributed by atoms with Gasteiger partial charge < -0.3 is 0 Å². The zero-order valence-corrected chi connectivity index (χ0v) is 13.5. The number of hydrazine groups is 1. The third-order valence-electron chi connectivity index (χ3n) is 5.09. The number of rotatable bonds is 2. The Hall–Kier alpha value is -1.40. The van der Waals surface area contributed by atoms with E-state index in [0.29, 0.717) is 5.95 Å². The van der Waals surface area contributed by atoms with Crippen molar-refractivity contribution in [2.24, 2.45) is 5.84 Å². The average molecular weight is 318 g/mol. The largest absolute Gasteiger partial charge is 0.294 e. The SMILES string of the molecule is NNc1nc2sc3c(c2c(=O)n1C1CCCCC1)CCCC3. The van der Waals surface area contributed by atoms with Crippen LogP contribution in [0.15, 0.2) is 4.79 Å². The molecule has 0 aliphatic heterocycles. The van der Waals surface area contributed by atoms with Gasteiger partial charge in [0.25, 0.3) is 5.56 Å². The average Bonchev–Trinajstić information content (AvgIpc) is 2.94. The van der Waals surface area contributed by atoms with E-state index >= 15 is 0 Å². The van der Waals surface area contributed by atoms with Crippen LogP contribution >= 0.6 is 11.3 Å². The Kier molecular flexibility index (Phi) is 3.66. The molecule has 5 nitrogen and oxygen atoms in total. The Bertz CT molecular complexity index is 758. The van der Waals surface area contributed by atoms with Gasteiger partial charge in [-0.2, -0.15) is 0 Å². The number of hydrogen-bond acceptors (Lipinski definition) is 5. The van der Waals surface area contributed by atoms with Crippen molar-refractivity contribution in [2.45, 2.75) is 63.8 Å². The number of nitrogens with two attached hydrogens (primary N) is 1. The summed E-state index contributed by atoms with van der Waals surface area (Å²) in [7, 11) is 0. The first kappa shape index (κ1) is 14.2. The molecule has 1 saturated carbocycles. The van der Waals surface area contributed by atoms with Crippen LogP contribution in [0.25, 0.3) is 10.2 Å². The first-order valence-electron chi connectivity index (χ1n) is 8.33. The van der Waals surface area contributed by atoms with E-state index in [1.165, 1.54) is 42.5 Å². The number of fused-ring (bicyclic) bond motifs is 3. The van der Waals surface area contributed by atoms with Crippen LogP contribution in [0.5, 0.6) is 0 Å². The van der Waals surface area contributed by atoms with Crippen molar-refractivity contribution < 1.29 is 0 Å². The Morgan fingerprint density at radius 3 is 2.68 bits per heavy atom. The highest BCUT2D eigenvalue weighted by Crippen LogP contribution is 2.36. The summed E-state index contributed by atoms with van der Waals surface area (Å²) in [5, 5.41) is 0.865. The van der Waals surface area contributed by atoms with Gasteiger partial charge >= 0.3 is 0 Å². The molecule has 0 bridgehead atoms. The van der Waals surface area contributed by atoms with E-state index in [0.717, 1.165) is 35.9 Å². The van der Waals surface area contributed by atoms with Gasteiger partial charge in [-0.1, -0.05) is 19.3 Å². The molecular weight excluding hydrogens is 296 g/mol. The van der Waals surface area contributed by atoms with Gasteiger partial charge in [0.05, 0.1) is 5.39 Å². The fraction of sp³-hybridized carbons (Fsp3) is 0.625. The minimum absolute atomic E-state index is 0.115. The molecule has 0 unspecified atom stereocenters. The van der Waals surface area contributed by atoms with Gasteiger partial charge in [-0.3, -0.25) is 14.8 Å². The van der Waals surface area contributed by atoms with Gasteiger partial charge in [-0.25, -0.2) is 10.8 Å². The van der Waals surface area contributed by atoms with Crippen molar-refractivity contribution in [1.82, 2.24) is 9.55 Å². The molecule has 4 rings (SSSR count). The first-order valence-corrected chi connectivity index (χ1v) is 9.14. The summed E-state index contributed by atoms with van der Waals surface area (Å²) in [5.74, 6) is 6.20. The van der Waals surface area contributed by atoms with Gasteiger partial charge in [-0.15, -0.1) is 11.3 Å². The van der Waals surface area contributed by atoms with Gasteiger partial charge in [-0.05, 0) is 44.1 Å². The number of nitrogen functional groups attached to an aromatic ring is 1. The van der Waals surface area contributed by atoms with Crippen molar-refractivity contribution in [1.29, 1.82) is 0 Å². The lowest BCUT2D eigenvalue weighted by atomic mass is 9.94. The highest BCUT2D eigenvalue weighted by Gasteiger charge is 2.25. The van der Waals surface area contributed by atoms with Gasteiger partial charge in [0.15, 0.2) is 0 Å². The number of thiophene rings is 1. The maximum Gasteiger partial charge on any atom is 0.264 e. The smallest absolute Gasteiger partial charge is 0.264 e. The predicted octanol–water partition coefficient (Wildman–Crippen LogP) is 3.13. The summed E-state index contributed by atoms with van der Waals surface area (Å²) in [4.78, 5) is 20.1. The summed E-state index contributed by atoms with van der Waals surface area (Å²) >= 11 is 1.68. The van der Waals surface area contributed by atoms with Crippen LogP contribution in [0.3, 0.4) is 0 Å². The monoisotopic (exact) mass is 318 g/mol. The number of nitrogens with one attached hydrogen (secondary N) is 1. The summed E-state index contributed by atoms with van der Waals surface area (Å²) in [6.07, 6.45) is 10.2. The van der Waals surface area contributed by atoms with Crippen LogP contribution in [-0.2, 0) is 12.8 Å². The summed E-state index contributed by atoms with van der Waals surface area (Å²) in [5.41, 5.74) is 4.04. The molecule has 0 amide bonds. The number of aryl methyl sites for hydroxylation is 2. The molecule has 6 heteroatoms. The predicted molar refractivity (Wildman–Crippen MR) is 90.5 cm³/mol. The molecule has 2 aliphatic carbocycles. The zero-order chi connectivity index (χ0) is 15.1. The molecule has 0 saturated heterocycles. The minimum atomic E-state index is 0.115. The molecule has 1 fully saturated rings. The van der Waals surface area contributed by atoms with Crippen molar-refractivity contribution >= 4 is 27.5 Å². The Morgan fingerprint density at radius 2 is 1.91 bits per heavy atom. The van der Waals surface area contributed by atoms with Crippen molar-refractivity contribution in [3.63, 3.8) is 0 Å². The molecule has 118 valence electrons. The van der Waals surface area contributed by atoms with E-state index in [9.17, 15) is 4.79 Å². The summed E-state index contributed by atoms with van der Waals surface area (Å²) in [6.45, 7) is 0. The molecule has 0 aromatic carbocycles. The minimum Gasteiger partial charge on any atom is -0.294 e. The van der Waals surface area contributed by atoms with Crippen LogP contribution in [-0.4, -0.2) is 9.55 Å². The van der Waals surface area contributed by atoms with E-state index in [1.54, 1.807) is 11.3 Å². The molecule has 22 heavy (non-hydrogen) atoms. The van der Waals surface area contributed by atoms with Gasteiger partial charge in [0, 0.05) is 10.9 Å². The van der Waals surface area contributed by atoms with Gasteiger partial charge in [0.2, 0.25) is 5.95 Å². The highest BCUT2D eigenvalue weighted by molar-refractivity contribution is 7.18. The fourth-order valence-electron chi connectivity index (χ4n) is 4.00. The van der Waals surface area contributed by atoms with Crippen LogP contribution < -0.4 is 16.8 Å². The number of aromatic nitrogens is 2. The molecule has 0 atom stereocenters. The van der Waals surface area contributed by atoms with E-state index < -0.39 is 0 Å². The third kappa shape index (κ3) is 2.16. The van der Waals surface area contributed by atoms with Crippen molar-refractivity contribution in [3.05, 3.63) is 20.8 Å². The quantitative estimate of drug-likeness (QED) is 0.659. The number of hydrogen-bond donors (Lipinski definition) is 2. The second-order valence-electron chi connectivity index (χ2n) is 6.44. The van der Waals surface area contributed by atoms with Crippen LogP contribution in [0.2, 0.25) is 0 Å². The molecule has 2 aromatic rings. The standard InChI is InChI=1S/C16H22N4OS/c17-19-16-18-14-13(11-8-4-5-9-12(11)22-14)15(21)20(16)10-6-2-1-3-7-10/h10H,1-9,17H2,(H,18,19). The fourth-order valence-corrected chi connectivity index (χ4v) is 5.25. The lowest BCUT2D eigenvalue weighted by Crippen LogP contribution is -2.31. The van der Waals surface area contributed by atoms with Crippen molar-refractivity contribution in [2.75, 3.05) is 5.43 Å². The maximum atomic E-state index is 13.2. The Labute approximate surface area is 133 Å². The van der Waals surface area contributed by atoms with E-state index in [4.69, 9.17) is 5.84 Å². The van der Waals surface area contributed by atoms with E-state index in [2.05, 4.69) is 10.4 Å². The van der Waals surface area contributed by atoms with Crippen LogP contribution in [0.4, 0.5) is 5.95 Å². The second kappa shape index (κ2) is 5.66. The second-order valence-corrected chi connectivity index (χ2v) is 7.52. The normalized spacial score (nSPS) is 19.3. The zero-order valence-electron chi connectivity index (χ0n) is 12.7. The first-order chi connectivity index (χ1) is 10.8. The van der Waals surface area contributed by atoms with Gasteiger partial charge in [0.1, 0.15) is 4.83 Å². The molecule has 0 spiro atoms. The Balaban J connectivity index is 1.94. The van der Waals surface area contributed by atoms with Crippen LogP contribution in [0, 0.1) is 0 Å². The van der Waals surface area contributed by atoms with Crippen molar-refractivity contribution in [3.8, 4) is 0 Å². The molecule has 3 N–H and O–H groups in total. The molecule has 2 aromatic heterocycles. The maximum absolute atomic E-state index is 13.2. The molecule has 2 aliphatic rings. The molecular formula is C16H22N4OS. The third-order valence-corrected chi connectivity index (χ3v) is 6.28. The summed E-state index contributed by atoms with van der Waals surface area (Å²) in [6, 6.07) is 0.239. The topological polar surface area (TPSA) is 72.9 Å². The summed E-state index contributed by atoms with van der Waals surface area (Å²) < 4.78 is 1.84. The molecule has 2 heterocycles.